The van der Waals surface area contributed by atoms with Crippen molar-refractivity contribution in [1.29, 1.82) is 0 Å². The topological polar surface area (TPSA) is 56.8 Å². The Hall–Kier alpha value is -3.47. The lowest BCUT2D eigenvalue weighted by Crippen LogP contribution is -2.20. The van der Waals surface area contributed by atoms with Crippen LogP contribution < -0.4 is 19.5 Å². The van der Waals surface area contributed by atoms with E-state index >= 15 is 0 Å². The molecule has 0 bridgehead atoms. The van der Waals surface area contributed by atoms with E-state index in [1.165, 1.54) is 0 Å². The monoisotopic (exact) mass is 349 g/mol. The van der Waals surface area contributed by atoms with Gasteiger partial charge in [0.2, 0.25) is 0 Å². The first-order valence-corrected chi connectivity index (χ1v) is 8.12. The number of hydrogen-bond acceptors (Lipinski definition) is 4. The lowest BCUT2D eigenvalue weighted by atomic mass is 10.3. The maximum Gasteiger partial charge on any atom is 0.262 e. The van der Waals surface area contributed by atoms with Crippen molar-refractivity contribution in [2.45, 2.75) is 0 Å². The van der Waals surface area contributed by atoms with Crippen LogP contribution >= 0.6 is 0 Å². The second-order valence-corrected chi connectivity index (χ2v) is 5.45. The van der Waals surface area contributed by atoms with Gasteiger partial charge in [-0.05, 0) is 60.7 Å². The molecular weight excluding hydrogens is 330 g/mol. The Morgan fingerprint density at radius 2 is 1.35 bits per heavy atom. The van der Waals surface area contributed by atoms with Gasteiger partial charge in [-0.2, -0.15) is 0 Å². The van der Waals surface area contributed by atoms with Crippen LogP contribution in [0.2, 0.25) is 0 Å². The first kappa shape index (κ1) is 17.4. The van der Waals surface area contributed by atoms with Gasteiger partial charge in [-0.25, -0.2) is 0 Å². The first-order valence-electron chi connectivity index (χ1n) is 8.12. The average molecular weight is 349 g/mol. The molecule has 3 aromatic rings. The van der Waals surface area contributed by atoms with Crippen molar-refractivity contribution in [2.75, 3.05) is 19.0 Å². The summed E-state index contributed by atoms with van der Waals surface area (Å²) in [4.78, 5) is 12.0. The zero-order chi connectivity index (χ0) is 18.2. The maximum absolute atomic E-state index is 12.0. The van der Waals surface area contributed by atoms with E-state index in [2.05, 4.69) is 5.32 Å². The molecule has 0 unspecified atom stereocenters. The molecular formula is C21H19NO4. The summed E-state index contributed by atoms with van der Waals surface area (Å²) in [6.45, 7) is -0.0748. The Morgan fingerprint density at radius 3 is 2.00 bits per heavy atom. The van der Waals surface area contributed by atoms with Crippen LogP contribution in [0, 0.1) is 0 Å². The molecule has 3 aromatic carbocycles. The molecule has 1 N–H and O–H groups in total. The summed E-state index contributed by atoms with van der Waals surface area (Å²) in [6.07, 6.45) is 0. The van der Waals surface area contributed by atoms with Crippen LogP contribution in [0.15, 0.2) is 78.9 Å². The van der Waals surface area contributed by atoms with Crippen molar-refractivity contribution in [3.63, 3.8) is 0 Å². The van der Waals surface area contributed by atoms with Gasteiger partial charge in [-0.1, -0.05) is 18.2 Å². The molecule has 5 nitrogen and oxygen atoms in total. The smallest absolute Gasteiger partial charge is 0.262 e. The minimum atomic E-state index is -0.238. The van der Waals surface area contributed by atoms with Gasteiger partial charge in [0.1, 0.15) is 23.0 Å². The summed E-state index contributed by atoms with van der Waals surface area (Å²) in [5.41, 5.74) is 0.675. The third-order valence-corrected chi connectivity index (χ3v) is 3.55. The number of rotatable bonds is 7. The molecule has 0 aromatic heterocycles. The minimum absolute atomic E-state index is 0.0748. The fourth-order valence-electron chi connectivity index (χ4n) is 2.25. The van der Waals surface area contributed by atoms with Crippen molar-refractivity contribution in [2.24, 2.45) is 0 Å². The number of carbonyl (C=O) groups is 1. The molecule has 0 spiro atoms. The molecule has 1 amide bonds. The molecule has 0 heterocycles. The van der Waals surface area contributed by atoms with Crippen LogP contribution in [0.3, 0.4) is 0 Å². The Morgan fingerprint density at radius 1 is 0.769 bits per heavy atom. The summed E-state index contributed by atoms with van der Waals surface area (Å²) >= 11 is 0. The highest BCUT2D eigenvalue weighted by Crippen LogP contribution is 2.22. The lowest BCUT2D eigenvalue weighted by Gasteiger charge is -2.09. The highest BCUT2D eigenvalue weighted by atomic mass is 16.5. The quantitative estimate of drug-likeness (QED) is 0.682. The van der Waals surface area contributed by atoms with Crippen LogP contribution in [0.5, 0.6) is 23.0 Å². The molecule has 0 fully saturated rings. The zero-order valence-corrected chi connectivity index (χ0v) is 14.3. The molecule has 0 radical (unpaired) electrons. The third kappa shape index (κ3) is 5.01. The standard InChI is InChI=1S/C21H19NO4/c1-24-17-11-13-18(14-12-17)25-15-21(23)22-16-7-9-20(10-8-16)26-19-5-3-2-4-6-19/h2-14H,15H2,1H3,(H,22,23). The molecule has 132 valence electrons. The van der Waals surface area contributed by atoms with E-state index in [0.29, 0.717) is 17.2 Å². The van der Waals surface area contributed by atoms with E-state index in [0.717, 1.165) is 11.5 Å². The van der Waals surface area contributed by atoms with E-state index in [1.54, 1.807) is 55.6 Å². The van der Waals surface area contributed by atoms with E-state index in [1.807, 2.05) is 30.3 Å². The maximum atomic E-state index is 12.0. The minimum Gasteiger partial charge on any atom is -0.497 e. The van der Waals surface area contributed by atoms with E-state index < -0.39 is 0 Å². The molecule has 0 atom stereocenters. The Balaban J connectivity index is 1.49. The largest absolute Gasteiger partial charge is 0.497 e. The van der Waals surface area contributed by atoms with E-state index in [-0.39, 0.29) is 12.5 Å². The third-order valence-electron chi connectivity index (χ3n) is 3.55. The molecule has 0 saturated carbocycles. The summed E-state index contributed by atoms with van der Waals surface area (Å²) in [7, 11) is 1.60. The van der Waals surface area contributed by atoms with Crippen molar-refractivity contribution in [3.8, 4) is 23.0 Å². The molecule has 0 aliphatic heterocycles. The van der Waals surface area contributed by atoms with E-state index in [9.17, 15) is 4.79 Å². The van der Waals surface area contributed by atoms with E-state index in [4.69, 9.17) is 14.2 Å². The van der Waals surface area contributed by atoms with Crippen LogP contribution in [-0.4, -0.2) is 19.6 Å². The Kier molecular flexibility index (Phi) is 5.72. The van der Waals surface area contributed by atoms with Gasteiger partial charge in [0.05, 0.1) is 7.11 Å². The fraction of sp³-hybridized carbons (Fsp3) is 0.0952. The van der Waals surface area contributed by atoms with Crippen LogP contribution in [0.25, 0.3) is 0 Å². The number of benzene rings is 3. The number of ether oxygens (including phenoxy) is 3. The SMILES string of the molecule is COc1ccc(OCC(=O)Nc2ccc(Oc3ccccc3)cc2)cc1. The zero-order valence-electron chi connectivity index (χ0n) is 14.3. The molecule has 26 heavy (non-hydrogen) atoms. The Labute approximate surface area is 152 Å². The Bertz CT molecular complexity index is 830. The fourth-order valence-corrected chi connectivity index (χ4v) is 2.25. The van der Waals surface area contributed by atoms with Gasteiger partial charge >= 0.3 is 0 Å². The molecule has 0 aliphatic carbocycles. The van der Waals surface area contributed by atoms with Crippen molar-refractivity contribution in [1.82, 2.24) is 0 Å². The number of hydrogen-bond donors (Lipinski definition) is 1. The average Bonchev–Trinajstić information content (AvgIpc) is 2.69. The molecule has 0 saturated heterocycles. The van der Waals surface area contributed by atoms with Crippen molar-refractivity contribution < 1.29 is 19.0 Å². The molecule has 0 aliphatic rings. The summed E-state index contributed by atoms with van der Waals surface area (Å²) in [5, 5.41) is 2.78. The van der Waals surface area contributed by atoms with Gasteiger partial charge in [0.15, 0.2) is 6.61 Å². The van der Waals surface area contributed by atoms with Gasteiger partial charge in [0.25, 0.3) is 5.91 Å². The van der Waals surface area contributed by atoms with Gasteiger partial charge < -0.3 is 19.5 Å². The number of para-hydroxylation sites is 1. The molecule has 3 rings (SSSR count). The van der Waals surface area contributed by atoms with Crippen LogP contribution in [0.4, 0.5) is 5.69 Å². The number of amides is 1. The number of methoxy groups -OCH3 is 1. The van der Waals surface area contributed by atoms with Crippen molar-refractivity contribution >= 4 is 11.6 Å². The number of nitrogens with one attached hydrogen (secondary N) is 1. The summed E-state index contributed by atoms with van der Waals surface area (Å²) in [5.74, 6) is 2.56. The van der Waals surface area contributed by atoms with Crippen LogP contribution in [-0.2, 0) is 4.79 Å². The predicted octanol–water partition coefficient (Wildman–Crippen LogP) is 4.51. The van der Waals surface area contributed by atoms with Gasteiger partial charge in [-0.3, -0.25) is 4.79 Å². The predicted molar refractivity (Wildman–Crippen MR) is 100 cm³/mol. The highest BCUT2D eigenvalue weighted by molar-refractivity contribution is 5.91. The summed E-state index contributed by atoms with van der Waals surface area (Å²) in [6, 6.07) is 23.7. The first-order chi connectivity index (χ1) is 12.7. The van der Waals surface area contributed by atoms with Gasteiger partial charge in [0, 0.05) is 5.69 Å². The highest BCUT2D eigenvalue weighted by Gasteiger charge is 2.05. The second kappa shape index (κ2) is 8.58. The number of anilines is 1. The van der Waals surface area contributed by atoms with Crippen LogP contribution in [0.1, 0.15) is 0 Å². The summed E-state index contributed by atoms with van der Waals surface area (Å²) < 4.78 is 16.2. The van der Waals surface area contributed by atoms with Crippen molar-refractivity contribution in [3.05, 3.63) is 78.9 Å². The number of carbonyl (C=O) groups excluding carboxylic acids is 1. The molecule has 5 heteroatoms. The van der Waals surface area contributed by atoms with Gasteiger partial charge in [-0.15, -0.1) is 0 Å². The second-order valence-electron chi connectivity index (χ2n) is 5.45. The normalized spacial score (nSPS) is 10.0. The lowest BCUT2D eigenvalue weighted by molar-refractivity contribution is -0.118.